The fourth-order valence-electron chi connectivity index (χ4n) is 2.97. The normalized spacial score (nSPS) is 13.1. The molecule has 1 aliphatic rings. The molecule has 4 heteroatoms. The molecule has 0 fully saturated rings. The summed E-state index contributed by atoms with van der Waals surface area (Å²) in [5.74, 6) is 1.35. The van der Waals surface area contributed by atoms with Crippen LogP contribution >= 0.6 is 0 Å². The Morgan fingerprint density at radius 3 is 2.60 bits per heavy atom. The van der Waals surface area contributed by atoms with Crippen LogP contribution in [0.5, 0.6) is 11.5 Å². The molecule has 0 saturated carbocycles. The maximum Gasteiger partial charge on any atom is 0.347 e. The minimum atomic E-state index is -0.398. The van der Waals surface area contributed by atoms with Gasteiger partial charge < -0.3 is 13.9 Å². The van der Waals surface area contributed by atoms with Crippen LogP contribution < -0.4 is 15.1 Å². The van der Waals surface area contributed by atoms with Gasteiger partial charge in [0, 0.05) is 5.57 Å². The summed E-state index contributed by atoms with van der Waals surface area (Å²) in [4.78, 5) is 12.5. The molecule has 0 saturated heterocycles. The Labute approximate surface area is 145 Å². The predicted molar refractivity (Wildman–Crippen MR) is 97.4 cm³/mol. The van der Waals surface area contributed by atoms with E-state index in [-0.39, 0.29) is 0 Å². The van der Waals surface area contributed by atoms with E-state index in [9.17, 15) is 4.79 Å². The first-order chi connectivity index (χ1) is 12.1. The second kappa shape index (κ2) is 6.13. The van der Waals surface area contributed by atoms with Crippen LogP contribution in [0.2, 0.25) is 0 Å². The Bertz CT molecular complexity index is 1030. The fraction of sp³-hybridized carbons (Fsp3) is 0.190. The van der Waals surface area contributed by atoms with Crippen LogP contribution in [0.4, 0.5) is 0 Å². The standard InChI is InChI=1S/C21H18O4/c1-13-3-6-16(7-4-13)24-12-15-9-10-23-20-17-11-14(2)5-8-18(17)25-21(22)19(15)20/h3-9,11H,10,12H2,1-2H3. The van der Waals surface area contributed by atoms with Crippen LogP contribution in [0.15, 0.2) is 57.8 Å². The average molecular weight is 334 g/mol. The molecule has 0 N–H and O–H groups in total. The summed E-state index contributed by atoms with van der Waals surface area (Å²) in [6, 6.07) is 13.5. The molecule has 0 atom stereocenters. The van der Waals surface area contributed by atoms with Crippen molar-refractivity contribution in [2.45, 2.75) is 13.8 Å². The molecule has 4 nitrogen and oxygen atoms in total. The zero-order valence-electron chi connectivity index (χ0n) is 14.2. The van der Waals surface area contributed by atoms with E-state index in [4.69, 9.17) is 13.9 Å². The second-order valence-electron chi connectivity index (χ2n) is 6.24. The summed E-state index contributed by atoms with van der Waals surface area (Å²) in [5, 5.41) is 0.815. The molecule has 0 radical (unpaired) electrons. The number of aryl methyl sites for hydroxylation is 2. The van der Waals surface area contributed by atoms with Crippen LogP contribution in [0.25, 0.3) is 16.5 Å². The molecule has 0 amide bonds. The second-order valence-corrected chi connectivity index (χ2v) is 6.24. The molecule has 126 valence electrons. The third kappa shape index (κ3) is 2.91. The molecular formula is C21H18O4. The lowest BCUT2D eigenvalue weighted by Crippen LogP contribution is -2.18. The van der Waals surface area contributed by atoms with Crippen LogP contribution in [-0.2, 0) is 0 Å². The molecule has 0 bridgehead atoms. The van der Waals surface area contributed by atoms with Gasteiger partial charge in [0.15, 0.2) is 0 Å². The first kappa shape index (κ1) is 15.5. The smallest absolute Gasteiger partial charge is 0.347 e. The van der Waals surface area contributed by atoms with Gasteiger partial charge in [-0.2, -0.15) is 0 Å². The Kier molecular flexibility index (Phi) is 3.80. The zero-order chi connectivity index (χ0) is 17.4. The first-order valence-corrected chi connectivity index (χ1v) is 8.21. The molecule has 2 aromatic carbocycles. The molecule has 4 rings (SSSR count). The third-order valence-electron chi connectivity index (χ3n) is 4.31. The Morgan fingerprint density at radius 1 is 1.04 bits per heavy atom. The van der Waals surface area contributed by atoms with E-state index in [1.54, 1.807) is 6.07 Å². The quantitative estimate of drug-likeness (QED) is 0.671. The minimum Gasteiger partial charge on any atom is -0.489 e. The predicted octanol–water partition coefficient (Wildman–Crippen LogP) is 4.26. The number of rotatable bonds is 3. The van der Waals surface area contributed by atoms with Gasteiger partial charge in [0.05, 0.1) is 5.39 Å². The summed E-state index contributed by atoms with van der Waals surface area (Å²) in [6.45, 7) is 4.73. The van der Waals surface area contributed by atoms with Gasteiger partial charge >= 0.3 is 5.63 Å². The fourth-order valence-corrected chi connectivity index (χ4v) is 2.97. The lowest BCUT2D eigenvalue weighted by Gasteiger charge is -2.19. The maximum absolute atomic E-state index is 12.5. The van der Waals surface area contributed by atoms with E-state index in [2.05, 4.69) is 0 Å². The van der Waals surface area contributed by atoms with E-state index in [1.807, 2.05) is 56.3 Å². The zero-order valence-corrected chi connectivity index (χ0v) is 14.2. The van der Waals surface area contributed by atoms with Gasteiger partial charge in [-0.1, -0.05) is 29.3 Å². The Hall–Kier alpha value is -3.01. The third-order valence-corrected chi connectivity index (χ3v) is 4.31. The highest BCUT2D eigenvalue weighted by Gasteiger charge is 2.23. The highest BCUT2D eigenvalue weighted by atomic mass is 16.5. The van der Waals surface area contributed by atoms with Crippen LogP contribution in [-0.4, -0.2) is 13.2 Å². The molecule has 1 aromatic heterocycles. The van der Waals surface area contributed by atoms with Crippen LogP contribution in [0.1, 0.15) is 16.7 Å². The maximum atomic E-state index is 12.5. The van der Waals surface area contributed by atoms with Crippen molar-refractivity contribution in [2.24, 2.45) is 0 Å². The molecule has 3 aromatic rings. The largest absolute Gasteiger partial charge is 0.489 e. The first-order valence-electron chi connectivity index (χ1n) is 8.21. The number of hydrogen-bond donors (Lipinski definition) is 0. The number of ether oxygens (including phenoxy) is 2. The van der Waals surface area contributed by atoms with E-state index < -0.39 is 5.63 Å². The molecule has 2 heterocycles. The number of hydrogen-bond acceptors (Lipinski definition) is 4. The lowest BCUT2D eigenvalue weighted by atomic mass is 10.0. The Balaban J connectivity index is 1.72. The molecule has 25 heavy (non-hydrogen) atoms. The van der Waals surface area contributed by atoms with Crippen molar-refractivity contribution in [3.05, 3.63) is 75.7 Å². The van der Waals surface area contributed by atoms with Gasteiger partial charge in [-0.05, 0) is 44.2 Å². The molecule has 0 unspecified atom stereocenters. The van der Waals surface area contributed by atoms with Crippen molar-refractivity contribution in [1.29, 1.82) is 0 Å². The summed E-state index contributed by atoms with van der Waals surface area (Å²) >= 11 is 0. The summed E-state index contributed by atoms with van der Waals surface area (Å²) in [7, 11) is 0. The Morgan fingerprint density at radius 2 is 1.80 bits per heavy atom. The highest BCUT2D eigenvalue weighted by Crippen LogP contribution is 2.35. The van der Waals surface area contributed by atoms with Crippen molar-refractivity contribution in [3.63, 3.8) is 0 Å². The topological polar surface area (TPSA) is 48.7 Å². The van der Waals surface area contributed by atoms with Gasteiger partial charge in [0.25, 0.3) is 0 Å². The van der Waals surface area contributed by atoms with Gasteiger partial charge in [-0.25, -0.2) is 4.79 Å². The summed E-state index contributed by atoms with van der Waals surface area (Å²) in [6.07, 6.45) is 1.87. The van der Waals surface area contributed by atoms with E-state index in [0.717, 1.165) is 22.3 Å². The van der Waals surface area contributed by atoms with Crippen molar-refractivity contribution < 1.29 is 13.9 Å². The summed E-state index contributed by atoms with van der Waals surface area (Å²) < 4.78 is 17.1. The van der Waals surface area contributed by atoms with Crippen LogP contribution in [0, 0.1) is 13.8 Å². The van der Waals surface area contributed by atoms with Gasteiger partial charge in [-0.3, -0.25) is 0 Å². The number of benzene rings is 2. The van der Waals surface area contributed by atoms with Gasteiger partial charge in [-0.15, -0.1) is 0 Å². The highest BCUT2D eigenvalue weighted by molar-refractivity contribution is 5.90. The molecule has 0 spiro atoms. The minimum absolute atomic E-state index is 0.293. The van der Waals surface area contributed by atoms with Crippen molar-refractivity contribution in [1.82, 2.24) is 0 Å². The van der Waals surface area contributed by atoms with Gasteiger partial charge in [0.1, 0.15) is 35.9 Å². The van der Waals surface area contributed by atoms with Gasteiger partial charge in [0.2, 0.25) is 0 Å². The van der Waals surface area contributed by atoms with E-state index in [1.165, 1.54) is 5.56 Å². The lowest BCUT2D eigenvalue weighted by molar-refractivity contribution is 0.341. The monoisotopic (exact) mass is 334 g/mol. The summed E-state index contributed by atoms with van der Waals surface area (Å²) in [5.41, 5.74) is 3.64. The SMILES string of the molecule is Cc1ccc(OCC2=CCOc3c2c(=O)oc2ccc(C)cc32)cc1. The van der Waals surface area contributed by atoms with Crippen LogP contribution in [0.3, 0.4) is 0 Å². The molecule has 1 aliphatic heterocycles. The van der Waals surface area contributed by atoms with E-state index >= 15 is 0 Å². The molecule has 0 aliphatic carbocycles. The average Bonchev–Trinajstić information content (AvgIpc) is 2.62. The van der Waals surface area contributed by atoms with E-state index in [0.29, 0.717) is 30.1 Å². The number of fused-ring (bicyclic) bond motifs is 3. The van der Waals surface area contributed by atoms with Crippen molar-refractivity contribution in [2.75, 3.05) is 13.2 Å². The molecular weight excluding hydrogens is 316 g/mol. The van der Waals surface area contributed by atoms with Crippen molar-refractivity contribution in [3.8, 4) is 11.5 Å². The van der Waals surface area contributed by atoms with Crippen molar-refractivity contribution >= 4 is 16.5 Å².